The van der Waals surface area contributed by atoms with Crippen LogP contribution in [-0.2, 0) is 10.0 Å². The van der Waals surface area contributed by atoms with Gasteiger partial charge in [0.1, 0.15) is 11.6 Å². The maximum Gasteiger partial charge on any atom is 0.269 e. The molecule has 1 amide bonds. The third kappa shape index (κ3) is 4.58. The number of carbonyl (C=O) groups excluding carboxylic acids is 1. The summed E-state index contributed by atoms with van der Waals surface area (Å²) in [5, 5.41) is 0. The molecular weight excluding hydrogens is 471 g/mol. The number of nitrogens with zero attached hydrogens (tertiary/aromatic N) is 2. The lowest BCUT2D eigenvalue weighted by molar-refractivity contribution is 0.0981. The van der Waals surface area contributed by atoms with Gasteiger partial charge in [-0.3, -0.25) is 9.59 Å². The topological polar surface area (TPSA) is 112 Å². The summed E-state index contributed by atoms with van der Waals surface area (Å²) in [7, 11) is -4.44. The van der Waals surface area contributed by atoms with Gasteiger partial charge in [0.05, 0.1) is 11.3 Å². The molecule has 8 nitrogen and oxygen atoms in total. The van der Waals surface area contributed by atoms with Crippen molar-refractivity contribution >= 4 is 21.7 Å². The first-order chi connectivity index (χ1) is 16.4. The largest absolute Gasteiger partial charge is 0.351 e. The molecule has 1 aromatic carbocycles. The van der Waals surface area contributed by atoms with Crippen molar-refractivity contribution in [3.8, 4) is 11.3 Å². The molecule has 0 saturated carbocycles. The fraction of sp³-hybridized carbons (Fsp3) is 0.320. The second-order valence-electron chi connectivity index (χ2n) is 9.34. The maximum atomic E-state index is 14.6. The van der Waals surface area contributed by atoms with E-state index in [-0.39, 0.29) is 28.4 Å². The zero-order valence-corrected chi connectivity index (χ0v) is 20.7. The highest BCUT2D eigenvalue weighted by molar-refractivity contribution is 7.90. The molecule has 2 N–H and O–H groups in total. The van der Waals surface area contributed by atoms with E-state index >= 15 is 0 Å². The molecular formula is C25H27FN4O4S. The van der Waals surface area contributed by atoms with Gasteiger partial charge in [-0.05, 0) is 69.5 Å². The Morgan fingerprint density at radius 3 is 2.63 bits per heavy atom. The number of amides is 1. The molecule has 0 spiro atoms. The van der Waals surface area contributed by atoms with Crippen LogP contribution in [0.25, 0.3) is 11.3 Å². The van der Waals surface area contributed by atoms with Crippen LogP contribution in [0.5, 0.6) is 0 Å². The zero-order chi connectivity index (χ0) is 25.5. The van der Waals surface area contributed by atoms with E-state index in [2.05, 4.69) is 16.9 Å². The summed E-state index contributed by atoms with van der Waals surface area (Å²) in [6.07, 6.45) is 2.14. The van der Waals surface area contributed by atoms with Gasteiger partial charge in [0.25, 0.3) is 21.5 Å². The molecule has 3 aromatic rings. The predicted octanol–water partition coefficient (Wildman–Crippen LogP) is 3.63. The highest BCUT2D eigenvalue weighted by atomic mass is 32.2. The SMILES string of the molecule is Cc1ccc(F)c(-c2ccc(C(=O)NS(=O)(=O)c3ccc[nH]c3=O)c(N3CCC(C)C3(C)C)n2)c1. The summed E-state index contributed by atoms with van der Waals surface area (Å²) in [6, 6.07) is 10.1. The van der Waals surface area contributed by atoms with E-state index in [1.54, 1.807) is 12.1 Å². The van der Waals surface area contributed by atoms with Gasteiger partial charge >= 0.3 is 0 Å². The van der Waals surface area contributed by atoms with Crippen LogP contribution in [-0.4, -0.2) is 36.4 Å². The monoisotopic (exact) mass is 498 g/mol. The van der Waals surface area contributed by atoms with E-state index in [0.29, 0.717) is 12.2 Å². The molecule has 1 aliphatic rings. The third-order valence-corrected chi connectivity index (χ3v) is 8.11. The van der Waals surface area contributed by atoms with E-state index in [1.807, 2.05) is 30.4 Å². The molecule has 1 aliphatic heterocycles. The number of H-pyrrole nitrogens is 1. The van der Waals surface area contributed by atoms with E-state index in [4.69, 9.17) is 0 Å². The number of aromatic amines is 1. The molecule has 0 bridgehead atoms. The summed E-state index contributed by atoms with van der Waals surface area (Å²) < 4.78 is 42.2. The summed E-state index contributed by atoms with van der Waals surface area (Å²) in [5.74, 6) is -0.854. The maximum absolute atomic E-state index is 14.6. The second kappa shape index (κ2) is 8.92. The average Bonchev–Trinajstić information content (AvgIpc) is 3.07. The van der Waals surface area contributed by atoms with Gasteiger partial charge in [-0.15, -0.1) is 0 Å². The number of halogens is 1. The van der Waals surface area contributed by atoms with E-state index in [9.17, 15) is 22.4 Å². The van der Waals surface area contributed by atoms with Crippen LogP contribution < -0.4 is 15.2 Å². The molecule has 4 rings (SSSR count). The van der Waals surface area contributed by atoms with E-state index < -0.39 is 32.2 Å². The van der Waals surface area contributed by atoms with Gasteiger partial charge in [0.2, 0.25) is 0 Å². The highest BCUT2D eigenvalue weighted by Gasteiger charge is 2.41. The normalized spacial score (nSPS) is 17.4. The van der Waals surface area contributed by atoms with Crippen molar-refractivity contribution in [3.05, 3.63) is 76.0 Å². The summed E-state index contributed by atoms with van der Waals surface area (Å²) in [6.45, 7) is 8.57. The first-order valence-corrected chi connectivity index (χ1v) is 12.7. The number of carbonyl (C=O) groups is 1. The van der Waals surface area contributed by atoms with Crippen molar-refractivity contribution < 1.29 is 17.6 Å². The van der Waals surface area contributed by atoms with Crippen LogP contribution in [0.2, 0.25) is 0 Å². The van der Waals surface area contributed by atoms with Crippen LogP contribution in [0.15, 0.2) is 58.4 Å². The van der Waals surface area contributed by atoms with Crippen molar-refractivity contribution in [2.24, 2.45) is 5.92 Å². The van der Waals surface area contributed by atoms with Gasteiger partial charge in [-0.1, -0.05) is 18.6 Å². The van der Waals surface area contributed by atoms with Crippen LogP contribution in [0, 0.1) is 18.7 Å². The number of hydrogen-bond donors (Lipinski definition) is 2. The Kier molecular flexibility index (Phi) is 6.27. The predicted molar refractivity (Wildman–Crippen MR) is 131 cm³/mol. The molecule has 1 saturated heterocycles. The lowest BCUT2D eigenvalue weighted by Crippen LogP contribution is -2.44. The minimum atomic E-state index is -4.44. The van der Waals surface area contributed by atoms with Crippen LogP contribution in [0.1, 0.15) is 43.1 Å². The zero-order valence-electron chi connectivity index (χ0n) is 19.9. The lowest BCUT2D eigenvalue weighted by Gasteiger charge is -2.36. The number of benzene rings is 1. The lowest BCUT2D eigenvalue weighted by atomic mass is 9.90. The Morgan fingerprint density at radius 2 is 1.97 bits per heavy atom. The van der Waals surface area contributed by atoms with Crippen molar-refractivity contribution in [2.45, 2.75) is 44.6 Å². The molecule has 3 heterocycles. The Morgan fingerprint density at radius 1 is 1.23 bits per heavy atom. The van der Waals surface area contributed by atoms with E-state index in [1.165, 1.54) is 30.5 Å². The summed E-state index contributed by atoms with van der Waals surface area (Å²) in [4.78, 5) is 33.6. The smallest absolute Gasteiger partial charge is 0.269 e. The Hall–Kier alpha value is -3.53. The van der Waals surface area contributed by atoms with Crippen molar-refractivity contribution in [3.63, 3.8) is 0 Å². The van der Waals surface area contributed by atoms with Gasteiger partial charge in [0.15, 0.2) is 4.90 Å². The van der Waals surface area contributed by atoms with E-state index in [0.717, 1.165) is 18.1 Å². The molecule has 2 aromatic heterocycles. The van der Waals surface area contributed by atoms with Crippen molar-refractivity contribution in [2.75, 3.05) is 11.4 Å². The highest BCUT2D eigenvalue weighted by Crippen LogP contribution is 2.39. The number of anilines is 1. The number of aryl methyl sites for hydroxylation is 1. The molecule has 0 radical (unpaired) electrons. The number of hydrogen-bond acceptors (Lipinski definition) is 6. The van der Waals surface area contributed by atoms with Gasteiger partial charge in [-0.25, -0.2) is 22.5 Å². The van der Waals surface area contributed by atoms with Crippen molar-refractivity contribution in [1.29, 1.82) is 0 Å². The summed E-state index contributed by atoms with van der Waals surface area (Å²) in [5.41, 5.74) is 0.246. The number of rotatable bonds is 5. The number of sulfonamides is 1. The van der Waals surface area contributed by atoms with Crippen LogP contribution in [0.3, 0.4) is 0 Å². The second-order valence-corrected chi connectivity index (χ2v) is 11.0. The van der Waals surface area contributed by atoms with Gasteiger partial charge < -0.3 is 9.88 Å². The molecule has 1 unspecified atom stereocenters. The number of nitrogens with one attached hydrogen (secondary N) is 2. The standard InChI is InChI=1S/C25H27FN4O4S/c1-15-7-9-19(26)18(14-15)20-10-8-17(22(28-20)30-13-11-16(2)25(30,3)4)23(31)29-35(33,34)21-6-5-12-27-24(21)32/h5-10,12,14,16H,11,13H2,1-4H3,(H,27,32)(H,29,31). The van der Waals surface area contributed by atoms with Gasteiger partial charge in [0, 0.05) is 23.8 Å². The first kappa shape index (κ1) is 24.6. The Balaban J connectivity index is 1.82. The molecule has 1 atom stereocenters. The third-order valence-electron chi connectivity index (χ3n) is 6.76. The molecule has 0 aliphatic carbocycles. The van der Waals surface area contributed by atoms with Crippen molar-refractivity contribution in [1.82, 2.24) is 14.7 Å². The average molecular weight is 499 g/mol. The fourth-order valence-corrected chi connectivity index (χ4v) is 5.30. The molecule has 35 heavy (non-hydrogen) atoms. The Labute approximate surface area is 203 Å². The molecule has 10 heteroatoms. The number of pyridine rings is 2. The summed E-state index contributed by atoms with van der Waals surface area (Å²) >= 11 is 0. The fourth-order valence-electron chi connectivity index (χ4n) is 4.28. The van der Waals surface area contributed by atoms with Crippen LogP contribution >= 0.6 is 0 Å². The Bertz CT molecular complexity index is 1470. The van der Waals surface area contributed by atoms with Crippen LogP contribution in [0.4, 0.5) is 10.2 Å². The quantitative estimate of drug-likeness (QED) is 0.556. The first-order valence-electron chi connectivity index (χ1n) is 11.2. The minimum Gasteiger partial charge on any atom is -0.351 e. The molecule has 1 fully saturated rings. The van der Waals surface area contributed by atoms with Gasteiger partial charge in [-0.2, -0.15) is 0 Å². The molecule has 184 valence electrons. The number of aromatic nitrogens is 2. The minimum absolute atomic E-state index is 0.0138.